The topological polar surface area (TPSA) is 20.3 Å². The van der Waals surface area contributed by atoms with Gasteiger partial charge in [-0.2, -0.15) is 0 Å². The van der Waals surface area contributed by atoms with Gasteiger partial charge in [0.25, 0.3) is 0 Å². The molecule has 0 aromatic rings. The highest BCUT2D eigenvalue weighted by Crippen LogP contribution is 2.20. The molecule has 1 heterocycles. The summed E-state index contributed by atoms with van der Waals surface area (Å²) in [7, 11) is 0. The van der Waals surface area contributed by atoms with E-state index in [-0.39, 0.29) is 5.41 Å². The van der Waals surface area contributed by atoms with Crippen molar-refractivity contribution in [3.05, 3.63) is 0 Å². The summed E-state index contributed by atoms with van der Waals surface area (Å²) in [6.07, 6.45) is 3.82. The molecule has 0 bridgehead atoms. The van der Waals surface area contributed by atoms with Crippen LogP contribution in [0.25, 0.3) is 0 Å². The molecule has 1 unspecified atom stereocenters. The average Bonchev–Trinajstić information content (AvgIpc) is 2.07. The van der Waals surface area contributed by atoms with E-state index >= 15 is 0 Å². The van der Waals surface area contributed by atoms with E-state index in [2.05, 4.69) is 11.8 Å². The molecule has 1 fully saturated rings. The fraction of sp³-hybridized carbons (Fsp3) is 0.917. The Morgan fingerprint density at radius 2 is 2.00 bits per heavy atom. The van der Waals surface area contributed by atoms with Crippen molar-refractivity contribution in [3.8, 4) is 0 Å². The number of Topliss-reactive ketones (excluding diaryl/α,β-unsaturated/α-hetero) is 1. The van der Waals surface area contributed by atoms with Gasteiger partial charge in [-0.15, -0.1) is 0 Å². The maximum absolute atomic E-state index is 11.8. The molecule has 14 heavy (non-hydrogen) atoms. The van der Waals surface area contributed by atoms with Crippen LogP contribution in [0.2, 0.25) is 0 Å². The van der Waals surface area contributed by atoms with E-state index in [1.807, 2.05) is 20.8 Å². The van der Waals surface area contributed by atoms with Gasteiger partial charge in [0.1, 0.15) is 0 Å². The maximum atomic E-state index is 11.8. The fourth-order valence-corrected chi connectivity index (χ4v) is 1.81. The van der Waals surface area contributed by atoms with Gasteiger partial charge in [0.05, 0.1) is 6.54 Å². The molecular weight excluding hydrogens is 174 g/mol. The summed E-state index contributed by atoms with van der Waals surface area (Å²) >= 11 is 0. The molecule has 1 aliphatic heterocycles. The van der Waals surface area contributed by atoms with E-state index in [0.29, 0.717) is 18.4 Å². The van der Waals surface area contributed by atoms with Crippen LogP contribution in [-0.4, -0.2) is 29.8 Å². The summed E-state index contributed by atoms with van der Waals surface area (Å²) in [5, 5.41) is 0. The van der Waals surface area contributed by atoms with E-state index in [4.69, 9.17) is 0 Å². The van der Waals surface area contributed by atoms with Crippen LogP contribution < -0.4 is 0 Å². The van der Waals surface area contributed by atoms with Crippen LogP contribution in [0.4, 0.5) is 0 Å². The zero-order valence-corrected chi connectivity index (χ0v) is 9.97. The molecule has 0 aromatic carbocycles. The van der Waals surface area contributed by atoms with Crippen LogP contribution in [-0.2, 0) is 4.79 Å². The van der Waals surface area contributed by atoms with Gasteiger partial charge in [-0.1, -0.05) is 27.2 Å². The monoisotopic (exact) mass is 197 g/mol. The highest BCUT2D eigenvalue weighted by molar-refractivity contribution is 5.85. The van der Waals surface area contributed by atoms with Gasteiger partial charge in [-0.05, 0) is 26.3 Å². The van der Waals surface area contributed by atoms with Gasteiger partial charge in [-0.3, -0.25) is 9.69 Å². The summed E-state index contributed by atoms with van der Waals surface area (Å²) in [6.45, 7) is 9.99. The molecule has 0 aromatic heterocycles. The molecule has 82 valence electrons. The summed E-state index contributed by atoms with van der Waals surface area (Å²) in [6, 6.07) is 0.593. The van der Waals surface area contributed by atoms with Crippen molar-refractivity contribution >= 4 is 5.78 Å². The molecule has 2 nitrogen and oxygen atoms in total. The molecule has 1 atom stereocenters. The van der Waals surface area contributed by atoms with Crippen molar-refractivity contribution in [1.82, 2.24) is 4.90 Å². The van der Waals surface area contributed by atoms with Crippen molar-refractivity contribution in [1.29, 1.82) is 0 Å². The number of likely N-dealkylation sites (tertiary alicyclic amines) is 1. The molecule has 0 saturated carbocycles. The lowest BCUT2D eigenvalue weighted by molar-refractivity contribution is -0.128. The maximum Gasteiger partial charge on any atom is 0.152 e. The van der Waals surface area contributed by atoms with Crippen LogP contribution >= 0.6 is 0 Å². The third-order valence-corrected chi connectivity index (χ3v) is 3.12. The third kappa shape index (κ3) is 3.09. The van der Waals surface area contributed by atoms with Gasteiger partial charge in [0.15, 0.2) is 5.78 Å². The first kappa shape index (κ1) is 11.7. The Hall–Kier alpha value is -0.370. The summed E-state index contributed by atoms with van der Waals surface area (Å²) in [5.74, 6) is 0.367. The first-order chi connectivity index (χ1) is 6.41. The number of carbonyl (C=O) groups excluding carboxylic acids is 1. The molecule has 0 spiro atoms. The number of rotatable bonds is 2. The predicted molar refractivity (Wildman–Crippen MR) is 59.3 cm³/mol. The van der Waals surface area contributed by atoms with Crippen LogP contribution in [0, 0.1) is 5.41 Å². The standard InChI is InChI=1S/C12H23NO/c1-10-7-5-6-8-13(10)9-11(14)12(2,3)4/h10H,5-9H2,1-4H3. The van der Waals surface area contributed by atoms with Crippen LogP contribution in [0.5, 0.6) is 0 Å². The number of piperidine rings is 1. The Balaban J connectivity index is 2.46. The molecule has 0 amide bonds. The summed E-state index contributed by atoms with van der Waals surface area (Å²) < 4.78 is 0. The van der Waals surface area contributed by atoms with Crippen molar-refractivity contribution in [2.75, 3.05) is 13.1 Å². The highest BCUT2D eigenvalue weighted by Gasteiger charge is 2.26. The normalized spacial score (nSPS) is 25.0. The number of ketones is 1. The van der Waals surface area contributed by atoms with E-state index in [1.165, 1.54) is 19.3 Å². The molecular formula is C12H23NO. The van der Waals surface area contributed by atoms with E-state index in [9.17, 15) is 4.79 Å². The first-order valence-corrected chi connectivity index (χ1v) is 5.68. The van der Waals surface area contributed by atoms with Crippen LogP contribution in [0.15, 0.2) is 0 Å². The Morgan fingerprint density at radius 1 is 1.36 bits per heavy atom. The van der Waals surface area contributed by atoms with Gasteiger partial charge in [0, 0.05) is 11.5 Å². The van der Waals surface area contributed by atoms with E-state index in [1.54, 1.807) is 0 Å². The van der Waals surface area contributed by atoms with Gasteiger partial charge in [0.2, 0.25) is 0 Å². The van der Waals surface area contributed by atoms with E-state index < -0.39 is 0 Å². The number of hydrogen-bond acceptors (Lipinski definition) is 2. The summed E-state index contributed by atoms with van der Waals surface area (Å²) in [5.41, 5.74) is -0.183. The molecule has 1 rings (SSSR count). The van der Waals surface area contributed by atoms with Crippen molar-refractivity contribution in [3.63, 3.8) is 0 Å². The zero-order chi connectivity index (χ0) is 10.8. The van der Waals surface area contributed by atoms with Crippen molar-refractivity contribution in [2.24, 2.45) is 5.41 Å². The smallest absolute Gasteiger partial charge is 0.152 e. The molecule has 0 radical (unpaired) electrons. The minimum Gasteiger partial charge on any atom is -0.298 e. The second kappa shape index (κ2) is 4.43. The Labute approximate surface area is 87.7 Å². The highest BCUT2D eigenvalue weighted by atomic mass is 16.1. The average molecular weight is 197 g/mol. The third-order valence-electron chi connectivity index (χ3n) is 3.12. The van der Waals surface area contributed by atoms with Gasteiger partial charge >= 0.3 is 0 Å². The van der Waals surface area contributed by atoms with Crippen LogP contribution in [0.1, 0.15) is 47.0 Å². The Morgan fingerprint density at radius 3 is 2.50 bits per heavy atom. The lowest BCUT2D eigenvalue weighted by Crippen LogP contribution is -2.43. The van der Waals surface area contributed by atoms with E-state index in [0.717, 1.165) is 6.54 Å². The molecule has 1 saturated heterocycles. The fourth-order valence-electron chi connectivity index (χ4n) is 1.81. The first-order valence-electron chi connectivity index (χ1n) is 5.68. The second-order valence-corrected chi connectivity index (χ2v) is 5.49. The van der Waals surface area contributed by atoms with Crippen molar-refractivity contribution in [2.45, 2.75) is 53.0 Å². The molecule has 0 aliphatic carbocycles. The summed E-state index contributed by atoms with van der Waals surface area (Å²) in [4.78, 5) is 14.2. The molecule has 1 aliphatic rings. The SMILES string of the molecule is CC1CCCCN1CC(=O)C(C)(C)C. The zero-order valence-electron chi connectivity index (χ0n) is 9.97. The predicted octanol–water partition coefficient (Wildman–Crippen LogP) is 2.48. The minimum absolute atomic E-state index is 0.183. The number of carbonyl (C=O) groups is 1. The Kier molecular flexibility index (Phi) is 3.71. The number of hydrogen-bond donors (Lipinski definition) is 0. The number of nitrogens with zero attached hydrogens (tertiary/aromatic N) is 1. The quantitative estimate of drug-likeness (QED) is 0.678. The molecule has 2 heteroatoms. The molecule has 0 N–H and O–H groups in total. The minimum atomic E-state index is -0.183. The van der Waals surface area contributed by atoms with Gasteiger partial charge in [-0.25, -0.2) is 0 Å². The second-order valence-electron chi connectivity index (χ2n) is 5.49. The largest absolute Gasteiger partial charge is 0.298 e. The lowest BCUT2D eigenvalue weighted by Gasteiger charge is -2.34. The van der Waals surface area contributed by atoms with Crippen LogP contribution in [0.3, 0.4) is 0 Å². The van der Waals surface area contributed by atoms with Gasteiger partial charge < -0.3 is 0 Å². The van der Waals surface area contributed by atoms with Crippen molar-refractivity contribution < 1.29 is 4.79 Å². The Bertz CT molecular complexity index is 205. The lowest BCUT2D eigenvalue weighted by atomic mass is 9.89.